The highest BCUT2D eigenvalue weighted by molar-refractivity contribution is 6.99. The van der Waals surface area contributed by atoms with E-state index in [2.05, 4.69) is 81.4 Å². The molecule has 2 aromatic rings. The fraction of sp³-hybridized carbons (Fsp3) is 0.600. The normalized spacial score (nSPS) is 28.9. The molecule has 0 radical (unpaired) electrons. The highest BCUT2D eigenvalue weighted by atomic mass is 28.4. The van der Waals surface area contributed by atoms with Crippen molar-refractivity contribution in [3.63, 3.8) is 0 Å². The molecule has 0 N–H and O–H groups in total. The topological polar surface area (TPSA) is 58.7 Å². The summed E-state index contributed by atoms with van der Waals surface area (Å²) >= 11 is 0. The summed E-state index contributed by atoms with van der Waals surface area (Å²) in [4.78, 5) is 0. The van der Waals surface area contributed by atoms with E-state index in [1.54, 1.807) is 7.11 Å². The van der Waals surface area contributed by atoms with Crippen molar-refractivity contribution in [2.75, 3.05) is 27.1 Å². The Balaban J connectivity index is 1.35. The van der Waals surface area contributed by atoms with Gasteiger partial charge in [-0.1, -0.05) is 81.4 Å². The van der Waals surface area contributed by atoms with Crippen molar-refractivity contribution in [3.05, 3.63) is 60.7 Å². The molecule has 7 heteroatoms. The number of ether oxygens (including phenoxy) is 5. The molecule has 3 saturated heterocycles. The van der Waals surface area contributed by atoms with E-state index in [9.17, 15) is 0 Å². The third-order valence-electron chi connectivity index (χ3n) is 8.05. The van der Waals surface area contributed by atoms with E-state index < -0.39 is 8.32 Å². The fourth-order valence-electron chi connectivity index (χ4n) is 6.13. The van der Waals surface area contributed by atoms with Crippen molar-refractivity contribution < 1.29 is 28.1 Å². The average Bonchev–Trinajstić information content (AvgIpc) is 3.43. The van der Waals surface area contributed by atoms with E-state index in [1.165, 1.54) is 10.4 Å². The Kier molecular flexibility index (Phi) is 8.51. The average molecular weight is 527 g/mol. The van der Waals surface area contributed by atoms with Gasteiger partial charge in [-0.3, -0.25) is 0 Å². The SMILES string of the molecule is COCO[C@@H](CO[Si](c1ccccc1)(c1ccccc1)C(C)(C)C)[C@H]1CC[C@H]([C@H]2CC[C@H]([C@H]3CO3)O2)O1. The lowest BCUT2D eigenvalue weighted by Gasteiger charge is -2.44. The lowest BCUT2D eigenvalue weighted by molar-refractivity contribution is -0.149. The van der Waals surface area contributed by atoms with Gasteiger partial charge in [-0.15, -0.1) is 0 Å². The van der Waals surface area contributed by atoms with E-state index in [4.69, 9.17) is 28.1 Å². The van der Waals surface area contributed by atoms with Crippen molar-refractivity contribution in [1.82, 2.24) is 0 Å². The van der Waals surface area contributed by atoms with Gasteiger partial charge in [0.25, 0.3) is 8.32 Å². The van der Waals surface area contributed by atoms with Crippen LogP contribution >= 0.6 is 0 Å². The van der Waals surface area contributed by atoms with E-state index >= 15 is 0 Å². The van der Waals surface area contributed by atoms with E-state index in [1.807, 2.05) is 0 Å². The highest BCUT2D eigenvalue weighted by Gasteiger charge is 2.51. The Morgan fingerprint density at radius 1 is 0.811 bits per heavy atom. The van der Waals surface area contributed by atoms with Gasteiger partial charge >= 0.3 is 0 Å². The summed E-state index contributed by atoms with van der Waals surface area (Å²) in [6.45, 7) is 8.37. The molecule has 0 saturated carbocycles. The van der Waals surface area contributed by atoms with Crippen LogP contribution in [0.3, 0.4) is 0 Å². The summed E-state index contributed by atoms with van der Waals surface area (Å²) in [5, 5.41) is 2.42. The van der Waals surface area contributed by atoms with Crippen LogP contribution in [0.4, 0.5) is 0 Å². The Labute approximate surface area is 222 Å². The second-order valence-electron chi connectivity index (χ2n) is 11.5. The third kappa shape index (κ3) is 5.88. The number of benzene rings is 2. The largest absolute Gasteiger partial charge is 0.405 e. The lowest BCUT2D eigenvalue weighted by Crippen LogP contribution is -2.67. The van der Waals surface area contributed by atoms with Gasteiger partial charge in [0.1, 0.15) is 19.0 Å². The number of epoxide rings is 1. The van der Waals surface area contributed by atoms with E-state index in [0.717, 1.165) is 32.3 Å². The first kappa shape index (κ1) is 27.0. The van der Waals surface area contributed by atoms with Crippen LogP contribution in [0.1, 0.15) is 46.5 Å². The van der Waals surface area contributed by atoms with Crippen molar-refractivity contribution in [1.29, 1.82) is 0 Å². The quantitative estimate of drug-likeness (QED) is 0.250. The molecule has 6 nitrogen and oxygen atoms in total. The zero-order valence-corrected chi connectivity index (χ0v) is 23.6. The molecule has 202 valence electrons. The maximum Gasteiger partial charge on any atom is 0.261 e. The van der Waals surface area contributed by atoms with Gasteiger partial charge in [0.15, 0.2) is 0 Å². The zero-order chi connectivity index (χ0) is 25.9. The third-order valence-corrected chi connectivity index (χ3v) is 13.1. The Hall–Kier alpha value is -1.58. The predicted octanol–water partition coefficient (Wildman–Crippen LogP) is 4.05. The molecule has 0 amide bonds. The molecular weight excluding hydrogens is 484 g/mol. The molecule has 0 spiro atoms. The van der Waals surface area contributed by atoms with Crippen LogP contribution in [0.25, 0.3) is 0 Å². The summed E-state index contributed by atoms with van der Waals surface area (Å²) in [7, 11) is -1.02. The molecule has 0 bridgehead atoms. The standard InChI is InChI=1S/C30H42O6Si/c1-30(2,3)37(22-11-7-5-8-12-22,23-13-9-6-10-14-23)34-20-29(33-21-31-4)27-18-16-25(36-27)24-15-17-26(35-24)28-19-32-28/h5-14,24-29H,15-21H2,1-4H3/t24-,25-,26-,27-,28-,29+/m1/s1. The minimum atomic E-state index is -2.67. The van der Waals surface area contributed by atoms with Crippen LogP contribution in [0, 0.1) is 0 Å². The number of hydrogen-bond acceptors (Lipinski definition) is 6. The second-order valence-corrected chi connectivity index (χ2v) is 15.8. The molecule has 5 rings (SSSR count). The summed E-state index contributed by atoms with van der Waals surface area (Å²) in [5.74, 6) is 0. The van der Waals surface area contributed by atoms with Gasteiger partial charge in [-0.2, -0.15) is 0 Å². The molecule has 0 aliphatic carbocycles. The van der Waals surface area contributed by atoms with Crippen LogP contribution in [0.5, 0.6) is 0 Å². The van der Waals surface area contributed by atoms with Crippen molar-refractivity contribution in [3.8, 4) is 0 Å². The first-order chi connectivity index (χ1) is 17.9. The molecule has 37 heavy (non-hydrogen) atoms. The molecule has 2 aromatic carbocycles. The molecule has 0 aromatic heterocycles. The smallest absolute Gasteiger partial charge is 0.261 e. The number of rotatable bonds is 11. The fourth-order valence-corrected chi connectivity index (χ4v) is 10.7. The van der Waals surface area contributed by atoms with Crippen LogP contribution in [0.2, 0.25) is 5.04 Å². The molecule has 3 fully saturated rings. The molecule has 3 aliphatic heterocycles. The van der Waals surface area contributed by atoms with Crippen LogP contribution in [-0.2, 0) is 28.1 Å². The lowest BCUT2D eigenvalue weighted by atomic mass is 10.1. The molecule has 3 heterocycles. The van der Waals surface area contributed by atoms with Gasteiger partial charge in [0.2, 0.25) is 0 Å². The molecule has 6 atom stereocenters. The van der Waals surface area contributed by atoms with Gasteiger partial charge in [-0.25, -0.2) is 0 Å². The van der Waals surface area contributed by atoms with Gasteiger partial charge in [0, 0.05) is 7.11 Å². The van der Waals surface area contributed by atoms with Crippen LogP contribution in [0.15, 0.2) is 60.7 Å². The number of methoxy groups -OCH3 is 1. The van der Waals surface area contributed by atoms with E-state index in [0.29, 0.717) is 12.7 Å². The van der Waals surface area contributed by atoms with E-state index in [-0.39, 0.29) is 42.4 Å². The van der Waals surface area contributed by atoms with Crippen molar-refractivity contribution in [2.45, 2.75) is 88.1 Å². The van der Waals surface area contributed by atoms with Gasteiger partial charge in [0.05, 0.1) is 37.6 Å². The van der Waals surface area contributed by atoms with Gasteiger partial charge < -0.3 is 28.1 Å². The molecule has 3 aliphatic rings. The second kappa shape index (κ2) is 11.7. The Morgan fingerprint density at radius 2 is 1.35 bits per heavy atom. The van der Waals surface area contributed by atoms with Crippen molar-refractivity contribution >= 4 is 18.7 Å². The Morgan fingerprint density at radius 3 is 1.89 bits per heavy atom. The monoisotopic (exact) mass is 526 g/mol. The molecule has 0 unspecified atom stereocenters. The minimum Gasteiger partial charge on any atom is -0.405 e. The van der Waals surface area contributed by atoms with Gasteiger partial charge in [-0.05, 0) is 41.1 Å². The summed E-state index contributed by atoms with van der Waals surface area (Å²) in [5.41, 5.74) is 0. The first-order valence-electron chi connectivity index (χ1n) is 13.7. The van der Waals surface area contributed by atoms with Crippen LogP contribution < -0.4 is 10.4 Å². The first-order valence-corrected chi connectivity index (χ1v) is 15.6. The summed E-state index contributed by atoms with van der Waals surface area (Å²) in [6.07, 6.45) is 4.45. The number of hydrogen-bond donors (Lipinski definition) is 0. The summed E-state index contributed by atoms with van der Waals surface area (Å²) in [6, 6.07) is 21.5. The minimum absolute atomic E-state index is 0.0572. The van der Waals surface area contributed by atoms with Crippen molar-refractivity contribution in [2.24, 2.45) is 0 Å². The Bertz CT molecular complexity index is 937. The predicted molar refractivity (Wildman–Crippen MR) is 146 cm³/mol. The maximum absolute atomic E-state index is 7.19. The van der Waals surface area contributed by atoms with Crippen LogP contribution in [-0.4, -0.2) is 72.1 Å². The molecular formula is C30H42O6Si. The maximum atomic E-state index is 7.19. The highest BCUT2D eigenvalue weighted by Crippen LogP contribution is 2.39. The zero-order valence-electron chi connectivity index (χ0n) is 22.6. The summed E-state index contributed by atoms with van der Waals surface area (Å²) < 4.78 is 37.1.